The van der Waals surface area contributed by atoms with Crippen LogP contribution in [0, 0.1) is 5.82 Å². The number of esters is 1. The zero-order chi connectivity index (χ0) is 19.7. The highest BCUT2D eigenvalue weighted by atomic mass is 32.1. The van der Waals surface area contributed by atoms with Gasteiger partial charge in [0, 0.05) is 11.6 Å². The Morgan fingerprint density at radius 2 is 1.82 bits per heavy atom. The summed E-state index contributed by atoms with van der Waals surface area (Å²) in [4.78, 5) is 23.8. The van der Waals surface area contributed by atoms with Gasteiger partial charge in [-0.05, 0) is 42.0 Å². The Balaban J connectivity index is 1.76. The molecule has 0 bridgehead atoms. The number of fused-ring (bicyclic) bond motifs is 1. The second kappa shape index (κ2) is 7.28. The third-order valence-electron chi connectivity index (χ3n) is 4.08. The van der Waals surface area contributed by atoms with E-state index >= 15 is 0 Å². The first-order valence-electron chi connectivity index (χ1n) is 8.23. The molecule has 0 aliphatic rings. The van der Waals surface area contributed by atoms with Crippen molar-refractivity contribution in [3.8, 4) is 22.6 Å². The fraction of sp³-hybridized carbons (Fsp3) is 0.0476. The zero-order valence-corrected chi connectivity index (χ0v) is 15.4. The highest BCUT2D eigenvalue weighted by Crippen LogP contribution is 2.35. The van der Waals surface area contributed by atoms with Gasteiger partial charge in [-0.2, -0.15) is 0 Å². The maximum absolute atomic E-state index is 13.3. The van der Waals surface area contributed by atoms with Crippen LogP contribution in [-0.4, -0.2) is 13.1 Å². The maximum atomic E-state index is 13.3. The lowest BCUT2D eigenvalue weighted by molar-refractivity contribution is 0.0734. The van der Waals surface area contributed by atoms with Crippen molar-refractivity contribution in [2.75, 3.05) is 7.11 Å². The van der Waals surface area contributed by atoms with Gasteiger partial charge in [-0.3, -0.25) is 0 Å². The molecule has 0 saturated carbocycles. The standard InChI is InChI=1S/C21H13FO5S/c1-25-15-4-2-3-13(9-15)20(23)26-16-10-17(12-5-7-14(22)8-6-12)19-18(11-16)28-21(24)27-19/h2-11H,1H3. The molecule has 0 radical (unpaired) electrons. The number of hydrogen-bond acceptors (Lipinski definition) is 6. The van der Waals surface area contributed by atoms with Gasteiger partial charge in [0.25, 0.3) is 0 Å². The summed E-state index contributed by atoms with van der Waals surface area (Å²) in [6.07, 6.45) is 0. The highest BCUT2D eigenvalue weighted by Gasteiger charge is 2.16. The van der Waals surface area contributed by atoms with Crippen molar-refractivity contribution >= 4 is 27.6 Å². The van der Waals surface area contributed by atoms with Gasteiger partial charge in [0.2, 0.25) is 0 Å². The summed E-state index contributed by atoms with van der Waals surface area (Å²) in [5.74, 6) is -0.173. The van der Waals surface area contributed by atoms with Crippen LogP contribution in [0.4, 0.5) is 4.39 Å². The predicted molar refractivity (Wildman–Crippen MR) is 104 cm³/mol. The van der Waals surface area contributed by atoms with E-state index in [1.165, 1.54) is 19.2 Å². The fourth-order valence-electron chi connectivity index (χ4n) is 2.77. The van der Waals surface area contributed by atoms with Crippen LogP contribution in [0.25, 0.3) is 21.4 Å². The lowest BCUT2D eigenvalue weighted by Gasteiger charge is -2.08. The monoisotopic (exact) mass is 396 g/mol. The summed E-state index contributed by atoms with van der Waals surface area (Å²) >= 11 is 0.900. The van der Waals surface area contributed by atoms with Crippen molar-refractivity contribution in [2.45, 2.75) is 0 Å². The molecule has 0 spiro atoms. The topological polar surface area (TPSA) is 65.7 Å². The van der Waals surface area contributed by atoms with E-state index in [0.717, 1.165) is 11.3 Å². The molecule has 4 aromatic rings. The van der Waals surface area contributed by atoms with E-state index < -0.39 is 10.9 Å². The van der Waals surface area contributed by atoms with Gasteiger partial charge in [0.05, 0.1) is 17.4 Å². The van der Waals surface area contributed by atoms with E-state index in [1.807, 2.05) is 0 Å². The Hall–Kier alpha value is -3.45. The minimum Gasteiger partial charge on any atom is -0.497 e. The van der Waals surface area contributed by atoms with Gasteiger partial charge in [0.1, 0.15) is 17.3 Å². The van der Waals surface area contributed by atoms with Crippen molar-refractivity contribution in [3.63, 3.8) is 0 Å². The Morgan fingerprint density at radius 1 is 1.04 bits per heavy atom. The minimum absolute atomic E-state index is 0.247. The quantitative estimate of drug-likeness (QED) is 0.363. The van der Waals surface area contributed by atoms with Gasteiger partial charge in [-0.25, -0.2) is 14.0 Å². The van der Waals surface area contributed by atoms with Gasteiger partial charge < -0.3 is 13.9 Å². The van der Waals surface area contributed by atoms with Crippen LogP contribution >= 0.6 is 11.3 Å². The molecular weight excluding hydrogens is 383 g/mol. The molecule has 7 heteroatoms. The molecular formula is C21H13FO5S. The second-order valence-corrected chi connectivity index (χ2v) is 6.86. The van der Waals surface area contributed by atoms with Crippen LogP contribution in [0.1, 0.15) is 10.4 Å². The molecule has 0 fully saturated rings. The molecule has 0 atom stereocenters. The average molecular weight is 396 g/mol. The molecule has 4 rings (SSSR count). The van der Waals surface area contributed by atoms with Crippen molar-refractivity contribution in [1.82, 2.24) is 0 Å². The summed E-state index contributed by atoms with van der Waals surface area (Å²) in [5, 5.41) is 0. The first kappa shape index (κ1) is 17.9. The van der Waals surface area contributed by atoms with E-state index in [1.54, 1.807) is 48.5 Å². The van der Waals surface area contributed by atoms with Crippen LogP contribution in [0.2, 0.25) is 0 Å². The number of methoxy groups -OCH3 is 1. The zero-order valence-electron chi connectivity index (χ0n) is 14.6. The molecule has 0 saturated heterocycles. The van der Waals surface area contributed by atoms with Crippen LogP contribution in [0.15, 0.2) is 69.9 Å². The molecule has 0 unspecified atom stereocenters. The van der Waals surface area contributed by atoms with Crippen LogP contribution < -0.4 is 14.4 Å². The number of benzene rings is 3. The fourth-order valence-corrected chi connectivity index (χ4v) is 3.49. The summed E-state index contributed by atoms with van der Waals surface area (Å²) in [6, 6.07) is 15.5. The van der Waals surface area contributed by atoms with E-state index in [9.17, 15) is 14.0 Å². The number of halogens is 1. The Bertz CT molecular complexity index is 1220. The second-order valence-electron chi connectivity index (χ2n) is 5.88. The lowest BCUT2D eigenvalue weighted by Crippen LogP contribution is -2.08. The number of carbonyl (C=O) groups excluding carboxylic acids is 1. The van der Waals surface area contributed by atoms with E-state index in [0.29, 0.717) is 32.7 Å². The third kappa shape index (κ3) is 3.52. The highest BCUT2D eigenvalue weighted by molar-refractivity contribution is 7.16. The van der Waals surface area contributed by atoms with Crippen LogP contribution in [0.3, 0.4) is 0 Å². The first-order valence-corrected chi connectivity index (χ1v) is 9.05. The Kier molecular flexibility index (Phi) is 4.67. The van der Waals surface area contributed by atoms with Crippen LogP contribution in [0.5, 0.6) is 11.5 Å². The largest absolute Gasteiger partial charge is 0.497 e. The van der Waals surface area contributed by atoms with Crippen molar-refractivity contribution in [1.29, 1.82) is 0 Å². The molecule has 5 nitrogen and oxygen atoms in total. The number of hydrogen-bond donors (Lipinski definition) is 0. The minimum atomic E-state index is -0.570. The molecule has 3 aromatic carbocycles. The van der Waals surface area contributed by atoms with Crippen molar-refractivity contribution in [2.24, 2.45) is 0 Å². The van der Waals surface area contributed by atoms with Gasteiger partial charge in [-0.15, -0.1) is 0 Å². The molecule has 0 aliphatic heterocycles. The molecule has 28 heavy (non-hydrogen) atoms. The van der Waals surface area contributed by atoms with E-state index in [-0.39, 0.29) is 11.6 Å². The van der Waals surface area contributed by atoms with Gasteiger partial charge >= 0.3 is 10.9 Å². The summed E-state index contributed by atoms with van der Waals surface area (Å²) in [7, 11) is 1.51. The van der Waals surface area contributed by atoms with Gasteiger partial charge in [-0.1, -0.05) is 29.5 Å². The SMILES string of the molecule is COc1cccc(C(=O)Oc2cc(-c3ccc(F)cc3)c3oc(=O)sc3c2)c1. The molecule has 0 N–H and O–H groups in total. The predicted octanol–water partition coefficient (Wildman–Crippen LogP) is 4.89. The summed E-state index contributed by atoms with van der Waals surface area (Å²) in [5.41, 5.74) is 1.85. The van der Waals surface area contributed by atoms with E-state index in [2.05, 4.69) is 0 Å². The normalized spacial score (nSPS) is 10.8. The molecule has 1 aromatic heterocycles. The lowest BCUT2D eigenvalue weighted by atomic mass is 10.0. The van der Waals surface area contributed by atoms with Crippen molar-refractivity contribution in [3.05, 3.63) is 81.8 Å². The van der Waals surface area contributed by atoms with Crippen molar-refractivity contribution < 1.29 is 23.1 Å². The third-order valence-corrected chi connectivity index (χ3v) is 4.85. The first-order chi connectivity index (χ1) is 13.5. The summed E-state index contributed by atoms with van der Waals surface area (Å²) in [6.45, 7) is 0. The molecule has 1 heterocycles. The average Bonchev–Trinajstić information content (AvgIpc) is 3.08. The maximum Gasteiger partial charge on any atom is 0.396 e. The molecule has 0 aliphatic carbocycles. The number of rotatable bonds is 4. The Morgan fingerprint density at radius 3 is 2.57 bits per heavy atom. The smallest absolute Gasteiger partial charge is 0.396 e. The van der Waals surface area contributed by atoms with Gasteiger partial charge in [0.15, 0.2) is 5.58 Å². The molecule has 140 valence electrons. The van der Waals surface area contributed by atoms with E-state index in [4.69, 9.17) is 13.9 Å². The number of carbonyl (C=O) groups is 1. The number of ether oxygens (including phenoxy) is 2. The van der Waals surface area contributed by atoms with Crippen LogP contribution in [-0.2, 0) is 0 Å². The molecule has 0 amide bonds. The summed E-state index contributed by atoms with van der Waals surface area (Å²) < 4.78 is 29.7. The Labute approximate surface area is 162 Å².